The van der Waals surface area contributed by atoms with Crippen LogP contribution in [0.3, 0.4) is 0 Å². The van der Waals surface area contributed by atoms with Crippen LogP contribution in [0.25, 0.3) is 0 Å². The van der Waals surface area contributed by atoms with Crippen molar-refractivity contribution in [3.05, 3.63) is 29.3 Å². The topological polar surface area (TPSA) is 67.2 Å². The van der Waals surface area contributed by atoms with Crippen LogP contribution in [0, 0.1) is 0 Å². The number of hydrogen-bond donors (Lipinski definition) is 3. The Bertz CT molecular complexity index is 335. The summed E-state index contributed by atoms with van der Waals surface area (Å²) in [7, 11) is 0. The van der Waals surface area contributed by atoms with Crippen molar-refractivity contribution < 1.29 is 4.79 Å². The van der Waals surface area contributed by atoms with Crippen molar-refractivity contribution in [2.75, 3.05) is 5.43 Å². The van der Waals surface area contributed by atoms with Gasteiger partial charge in [0.15, 0.2) is 0 Å². The molecule has 0 spiro atoms. The van der Waals surface area contributed by atoms with E-state index in [-0.39, 0.29) is 5.91 Å². The largest absolute Gasteiger partial charge is 0.366 e. The van der Waals surface area contributed by atoms with Crippen LogP contribution in [0.1, 0.15) is 15.9 Å². The van der Waals surface area contributed by atoms with E-state index in [1.165, 1.54) is 0 Å². The van der Waals surface area contributed by atoms with Gasteiger partial charge in [0.25, 0.3) is 0 Å². The molecule has 4 nitrogen and oxygen atoms in total. The van der Waals surface area contributed by atoms with Gasteiger partial charge in [-0.3, -0.25) is 4.79 Å². The number of fused-ring (bicyclic) bond motifs is 1. The van der Waals surface area contributed by atoms with Crippen molar-refractivity contribution >= 4 is 11.6 Å². The third-order valence-corrected chi connectivity index (χ3v) is 1.93. The first-order valence-electron chi connectivity index (χ1n) is 3.69. The maximum Gasteiger partial charge on any atom is 0.249 e. The molecule has 0 saturated heterocycles. The van der Waals surface area contributed by atoms with Gasteiger partial charge in [-0.2, -0.15) is 0 Å². The number of anilines is 1. The number of nitrogens with two attached hydrogens (primary N) is 1. The molecular formula is C8H9N3O. The number of benzene rings is 1. The highest BCUT2D eigenvalue weighted by Crippen LogP contribution is 2.22. The molecule has 4 heteroatoms. The Balaban J connectivity index is 2.56. The Morgan fingerprint density at radius 2 is 2.33 bits per heavy atom. The Labute approximate surface area is 69.7 Å². The lowest BCUT2D eigenvalue weighted by Gasteiger charge is -2.01. The molecule has 1 amide bonds. The maximum absolute atomic E-state index is 10.9. The van der Waals surface area contributed by atoms with Crippen LogP contribution in [0.2, 0.25) is 0 Å². The predicted molar refractivity (Wildman–Crippen MR) is 45.4 cm³/mol. The molecule has 1 aliphatic rings. The zero-order chi connectivity index (χ0) is 8.55. The molecule has 0 saturated carbocycles. The van der Waals surface area contributed by atoms with Gasteiger partial charge in [0.05, 0.1) is 5.69 Å². The Morgan fingerprint density at radius 1 is 1.50 bits per heavy atom. The van der Waals surface area contributed by atoms with Crippen LogP contribution < -0.4 is 16.6 Å². The number of amides is 1. The molecule has 4 N–H and O–H groups in total. The Kier molecular flexibility index (Phi) is 1.48. The fraction of sp³-hybridized carbons (Fsp3) is 0.125. The van der Waals surface area contributed by atoms with Crippen molar-refractivity contribution in [1.82, 2.24) is 5.43 Å². The molecule has 62 valence electrons. The summed E-state index contributed by atoms with van der Waals surface area (Å²) < 4.78 is 0. The molecule has 2 rings (SSSR count). The number of rotatable bonds is 1. The van der Waals surface area contributed by atoms with E-state index in [1.807, 2.05) is 6.07 Å². The van der Waals surface area contributed by atoms with Crippen LogP contribution in [0.15, 0.2) is 18.2 Å². The van der Waals surface area contributed by atoms with Crippen LogP contribution in [-0.2, 0) is 6.54 Å². The Hall–Kier alpha value is -1.55. The van der Waals surface area contributed by atoms with Crippen molar-refractivity contribution in [2.24, 2.45) is 5.73 Å². The molecular weight excluding hydrogens is 154 g/mol. The highest BCUT2D eigenvalue weighted by molar-refractivity contribution is 5.96. The third-order valence-electron chi connectivity index (χ3n) is 1.93. The van der Waals surface area contributed by atoms with Gasteiger partial charge < -0.3 is 11.2 Å². The molecule has 0 unspecified atom stereocenters. The average Bonchev–Trinajstić information content (AvgIpc) is 2.49. The normalized spacial score (nSPS) is 13.7. The highest BCUT2D eigenvalue weighted by atomic mass is 16.1. The average molecular weight is 163 g/mol. The highest BCUT2D eigenvalue weighted by Gasteiger charge is 2.15. The molecule has 1 heterocycles. The lowest BCUT2D eigenvalue weighted by molar-refractivity contribution is 0.0999. The van der Waals surface area contributed by atoms with Crippen LogP contribution in [0.5, 0.6) is 0 Å². The van der Waals surface area contributed by atoms with E-state index in [2.05, 4.69) is 10.9 Å². The molecule has 0 aliphatic carbocycles. The molecule has 1 aliphatic heterocycles. The zero-order valence-corrected chi connectivity index (χ0v) is 6.42. The first kappa shape index (κ1) is 7.12. The minimum absolute atomic E-state index is 0.377. The molecule has 0 atom stereocenters. The van der Waals surface area contributed by atoms with Gasteiger partial charge in [0.1, 0.15) is 0 Å². The number of nitrogens with one attached hydrogen (secondary N) is 2. The second-order valence-corrected chi connectivity index (χ2v) is 2.67. The van der Waals surface area contributed by atoms with E-state index in [0.717, 1.165) is 11.3 Å². The fourth-order valence-corrected chi connectivity index (χ4v) is 1.35. The molecule has 0 fully saturated rings. The Morgan fingerprint density at radius 3 is 3.08 bits per heavy atom. The van der Waals surface area contributed by atoms with E-state index >= 15 is 0 Å². The lowest BCUT2D eigenvalue weighted by atomic mass is 10.1. The minimum atomic E-state index is -0.377. The van der Waals surface area contributed by atoms with Crippen molar-refractivity contribution in [2.45, 2.75) is 6.54 Å². The van der Waals surface area contributed by atoms with E-state index in [1.54, 1.807) is 12.1 Å². The van der Waals surface area contributed by atoms with E-state index < -0.39 is 0 Å². The molecule has 1 aromatic rings. The van der Waals surface area contributed by atoms with Crippen molar-refractivity contribution in [3.8, 4) is 0 Å². The van der Waals surface area contributed by atoms with Gasteiger partial charge >= 0.3 is 0 Å². The maximum atomic E-state index is 10.9. The monoisotopic (exact) mass is 163 g/mol. The molecule has 0 bridgehead atoms. The summed E-state index contributed by atoms with van der Waals surface area (Å²) in [4.78, 5) is 10.9. The number of carbonyl (C=O) groups excluding carboxylic acids is 1. The first-order chi connectivity index (χ1) is 5.79. The molecule has 1 aromatic carbocycles. The van der Waals surface area contributed by atoms with Gasteiger partial charge in [0, 0.05) is 17.7 Å². The van der Waals surface area contributed by atoms with Gasteiger partial charge in [0.2, 0.25) is 5.91 Å². The third kappa shape index (κ3) is 0.931. The summed E-state index contributed by atoms with van der Waals surface area (Å²) in [5.41, 5.74) is 13.5. The molecule has 0 radical (unpaired) electrons. The van der Waals surface area contributed by atoms with Crippen LogP contribution in [-0.4, -0.2) is 5.91 Å². The van der Waals surface area contributed by atoms with Gasteiger partial charge in [-0.25, -0.2) is 5.43 Å². The van der Waals surface area contributed by atoms with Crippen molar-refractivity contribution in [3.63, 3.8) is 0 Å². The van der Waals surface area contributed by atoms with Gasteiger partial charge in [-0.05, 0) is 12.1 Å². The van der Waals surface area contributed by atoms with Gasteiger partial charge in [-0.15, -0.1) is 0 Å². The summed E-state index contributed by atoms with van der Waals surface area (Å²) in [6, 6.07) is 5.44. The summed E-state index contributed by atoms with van der Waals surface area (Å²) in [5.74, 6) is -0.377. The number of hydrogen-bond acceptors (Lipinski definition) is 3. The summed E-state index contributed by atoms with van der Waals surface area (Å²) in [6.45, 7) is 0.647. The number of hydrazine groups is 1. The van der Waals surface area contributed by atoms with Crippen LogP contribution >= 0.6 is 0 Å². The van der Waals surface area contributed by atoms with E-state index in [9.17, 15) is 4.79 Å². The predicted octanol–water partition coefficient (Wildman–Crippen LogP) is 0.216. The second-order valence-electron chi connectivity index (χ2n) is 2.67. The number of carbonyl (C=O) groups is 1. The SMILES string of the molecule is NC(=O)c1cccc2c1CNN2. The second kappa shape index (κ2) is 2.49. The van der Waals surface area contributed by atoms with Crippen LogP contribution in [0.4, 0.5) is 5.69 Å². The summed E-state index contributed by atoms with van der Waals surface area (Å²) in [6.07, 6.45) is 0. The van der Waals surface area contributed by atoms with E-state index in [4.69, 9.17) is 5.73 Å². The number of primary amides is 1. The standard InChI is InChI=1S/C8H9N3O/c9-8(12)5-2-1-3-7-6(5)4-10-11-7/h1-3,10-11H,4H2,(H2,9,12). The quantitative estimate of drug-likeness (QED) is 0.554. The van der Waals surface area contributed by atoms with E-state index in [0.29, 0.717) is 12.1 Å². The lowest BCUT2D eigenvalue weighted by Crippen LogP contribution is -2.14. The summed E-state index contributed by atoms with van der Waals surface area (Å²) in [5, 5.41) is 0. The first-order valence-corrected chi connectivity index (χ1v) is 3.69. The molecule has 0 aromatic heterocycles. The zero-order valence-electron chi connectivity index (χ0n) is 6.42. The minimum Gasteiger partial charge on any atom is -0.366 e. The van der Waals surface area contributed by atoms with Gasteiger partial charge in [-0.1, -0.05) is 6.07 Å². The van der Waals surface area contributed by atoms with Crippen molar-refractivity contribution in [1.29, 1.82) is 0 Å². The smallest absolute Gasteiger partial charge is 0.249 e. The molecule has 12 heavy (non-hydrogen) atoms. The summed E-state index contributed by atoms with van der Waals surface area (Å²) >= 11 is 0. The fourth-order valence-electron chi connectivity index (χ4n) is 1.35.